The molecule has 0 radical (unpaired) electrons. The third kappa shape index (κ3) is 3.30. The van der Waals surface area contributed by atoms with Gasteiger partial charge in [0.25, 0.3) is 5.69 Å². The van der Waals surface area contributed by atoms with E-state index in [2.05, 4.69) is 0 Å². The lowest BCUT2D eigenvalue weighted by atomic mass is 10.1. The number of nitro benzene ring substituents is 1. The Labute approximate surface area is 98.3 Å². The molecule has 1 aromatic rings. The van der Waals surface area contributed by atoms with Crippen LogP contribution in [0.5, 0.6) is 0 Å². The SMILES string of the molecule is O=C(O)C=Cc1ccc(C(F)(F)F)cc1[N+](=O)[O-]. The smallest absolute Gasteiger partial charge is 0.416 e. The van der Waals surface area contributed by atoms with Crippen LogP contribution in [0.15, 0.2) is 24.3 Å². The number of nitro groups is 1. The van der Waals surface area contributed by atoms with Crippen molar-refractivity contribution >= 4 is 17.7 Å². The van der Waals surface area contributed by atoms with Crippen LogP contribution >= 0.6 is 0 Å². The molecule has 0 fully saturated rings. The number of rotatable bonds is 3. The predicted molar refractivity (Wildman–Crippen MR) is 54.8 cm³/mol. The van der Waals surface area contributed by atoms with E-state index < -0.39 is 28.3 Å². The molecule has 0 aliphatic carbocycles. The van der Waals surface area contributed by atoms with Gasteiger partial charge in [0.1, 0.15) is 0 Å². The molecule has 1 aromatic carbocycles. The van der Waals surface area contributed by atoms with E-state index in [1.165, 1.54) is 0 Å². The topological polar surface area (TPSA) is 80.4 Å². The number of hydrogen-bond donors (Lipinski definition) is 1. The molecule has 0 amide bonds. The van der Waals surface area contributed by atoms with Crippen molar-refractivity contribution in [1.29, 1.82) is 0 Å². The molecule has 1 rings (SSSR count). The molecular formula is C10H6F3NO4. The normalized spacial score (nSPS) is 11.7. The largest absolute Gasteiger partial charge is 0.478 e. The van der Waals surface area contributed by atoms with E-state index in [-0.39, 0.29) is 5.56 Å². The van der Waals surface area contributed by atoms with E-state index in [1.807, 2.05) is 0 Å². The minimum atomic E-state index is -4.69. The zero-order valence-electron chi connectivity index (χ0n) is 8.64. The van der Waals surface area contributed by atoms with Crippen LogP contribution in [0.3, 0.4) is 0 Å². The molecular weight excluding hydrogens is 255 g/mol. The Morgan fingerprint density at radius 2 is 2.00 bits per heavy atom. The summed E-state index contributed by atoms with van der Waals surface area (Å²) in [4.78, 5) is 19.8. The summed E-state index contributed by atoms with van der Waals surface area (Å²) in [5, 5.41) is 19.0. The maximum atomic E-state index is 12.3. The van der Waals surface area contributed by atoms with Crippen LogP contribution < -0.4 is 0 Å². The van der Waals surface area contributed by atoms with E-state index in [4.69, 9.17) is 5.11 Å². The van der Waals surface area contributed by atoms with Gasteiger partial charge in [-0.25, -0.2) is 4.79 Å². The second-order valence-corrected chi connectivity index (χ2v) is 3.20. The third-order valence-corrected chi connectivity index (χ3v) is 1.96. The zero-order valence-corrected chi connectivity index (χ0v) is 8.64. The molecule has 8 heteroatoms. The van der Waals surface area contributed by atoms with E-state index in [0.717, 1.165) is 12.1 Å². The number of nitrogens with zero attached hydrogens (tertiary/aromatic N) is 1. The number of aliphatic carboxylic acids is 1. The second kappa shape index (κ2) is 4.86. The van der Waals surface area contributed by atoms with Gasteiger partial charge in [0.15, 0.2) is 0 Å². The lowest BCUT2D eigenvalue weighted by molar-refractivity contribution is -0.385. The number of carboxylic acids is 1. The summed E-state index contributed by atoms with van der Waals surface area (Å²) in [5.41, 5.74) is -2.18. The molecule has 0 unspecified atom stereocenters. The number of alkyl halides is 3. The quantitative estimate of drug-likeness (QED) is 0.515. The summed E-state index contributed by atoms with van der Waals surface area (Å²) in [6.07, 6.45) is -3.23. The van der Waals surface area contributed by atoms with Crippen LogP contribution in [0.2, 0.25) is 0 Å². The van der Waals surface area contributed by atoms with Gasteiger partial charge < -0.3 is 5.11 Å². The van der Waals surface area contributed by atoms with Crippen LogP contribution in [0.1, 0.15) is 11.1 Å². The first-order valence-corrected chi connectivity index (χ1v) is 4.48. The van der Waals surface area contributed by atoms with Crippen LogP contribution in [0.25, 0.3) is 6.08 Å². The molecule has 0 bridgehead atoms. The van der Waals surface area contributed by atoms with Gasteiger partial charge >= 0.3 is 12.1 Å². The molecule has 5 nitrogen and oxygen atoms in total. The van der Waals surface area contributed by atoms with Crippen molar-refractivity contribution in [2.24, 2.45) is 0 Å². The fourth-order valence-electron chi connectivity index (χ4n) is 1.18. The number of carboxylic acid groups (broad SMARTS) is 1. The molecule has 0 heterocycles. The minimum absolute atomic E-state index is 0.213. The number of halogens is 3. The number of carbonyl (C=O) groups is 1. The molecule has 0 aliphatic rings. The van der Waals surface area contributed by atoms with Gasteiger partial charge in [-0.2, -0.15) is 13.2 Å². The molecule has 0 saturated carbocycles. The first kappa shape index (κ1) is 13.7. The Balaban J connectivity index is 3.30. The van der Waals surface area contributed by atoms with E-state index in [9.17, 15) is 28.1 Å². The number of hydrogen-bond acceptors (Lipinski definition) is 3. The highest BCUT2D eigenvalue weighted by Gasteiger charge is 2.32. The van der Waals surface area contributed by atoms with Crippen molar-refractivity contribution in [3.05, 3.63) is 45.5 Å². The third-order valence-electron chi connectivity index (χ3n) is 1.96. The maximum absolute atomic E-state index is 12.3. The van der Waals surface area contributed by atoms with E-state index in [0.29, 0.717) is 18.2 Å². The summed E-state index contributed by atoms with van der Waals surface area (Å²) < 4.78 is 37.0. The molecule has 0 aliphatic heterocycles. The maximum Gasteiger partial charge on any atom is 0.416 e. The zero-order chi connectivity index (χ0) is 13.9. The van der Waals surface area contributed by atoms with Gasteiger partial charge in [0.2, 0.25) is 0 Å². The fraction of sp³-hybridized carbons (Fsp3) is 0.100. The molecule has 0 saturated heterocycles. The Kier molecular flexibility index (Phi) is 3.70. The predicted octanol–water partition coefficient (Wildman–Crippen LogP) is 2.71. The molecule has 1 N–H and O–H groups in total. The summed E-state index contributed by atoms with van der Waals surface area (Å²) in [6.45, 7) is 0. The standard InChI is InChI=1S/C10H6F3NO4/c11-10(12,13)7-3-1-6(2-4-9(15)16)8(5-7)14(17)18/h1-5H,(H,15,16). The minimum Gasteiger partial charge on any atom is -0.478 e. The van der Waals surface area contributed by atoms with Crippen LogP contribution in [-0.2, 0) is 11.0 Å². The first-order chi connectivity index (χ1) is 8.21. The van der Waals surface area contributed by atoms with Crippen LogP contribution in [0.4, 0.5) is 18.9 Å². The van der Waals surface area contributed by atoms with Crippen LogP contribution in [0, 0.1) is 10.1 Å². The van der Waals surface area contributed by atoms with Crippen molar-refractivity contribution in [2.75, 3.05) is 0 Å². The fourth-order valence-corrected chi connectivity index (χ4v) is 1.18. The van der Waals surface area contributed by atoms with Crippen molar-refractivity contribution in [3.8, 4) is 0 Å². The highest BCUT2D eigenvalue weighted by molar-refractivity contribution is 5.86. The molecule has 0 spiro atoms. The molecule has 18 heavy (non-hydrogen) atoms. The Morgan fingerprint density at radius 1 is 1.39 bits per heavy atom. The van der Waals surface area contributed by atoms with Gasteiger partial charge in [-0.1, -0.05) is 0 Å². The van der Waals surface area contributed by atoms with Crippen molar-refractivity contribution in [1.82, 2.24) is 0 Å². The molecule has 0 aromatic heterocycles. The lowest BCUT2D eigenvalue weighted by Gasteiger charge is -2.06. The Bertz CT molecular complexity index is 522. The van der Waals surface area contributed by atoms with E-state index >= 15 is 0 Å². The van der Waals surface area contributed by atoms with Gasteiger partial charge in [-0.15, -0.1) is 0 Å². The average Bonchev–Trinajstić information content (AvgIpc) is 2.24. The summed E-state index contributed by atoms with van der Waals surface area (Å²) in [5.74, 6) is -1.36. The summed E-state index contributed by atoms with van der Waals surface area (Å²) in [6, 6.07) is 1.86. The van der Waals surface area contributed by atoms with Gasteiger partial charge in [-0.05, 0) is 18.2 Å². The highest BCUT2D eigenvalue weighted by Crippen LogP contribution is 2.33. The molecule has 96 valence electrons. The van der Waals surface area contributed by atoms with Crippen molar-refractivity contribution in [2.45, 2.75) is 6.18 Å². The summed E-state index contributed by atoms with van der Waals surface area (Å²) in [7, 11) is 0. The number of benzene rings is 1. The van der Waals surface area contributed by atoms with Gasteiger partial charge in [0.05, 0.1) is 16.1 Å². The Morgan fingerprint density at radius 3 is 2.44 bits per heavy atom. The Hall–Kier alpha value is -2.38. The van der Waals surface area contributed by atoms with Crippen molar-refractivity contribution in [3.63, 3.8) is 0 Å². The van der Waals surface area contributed by atoms with E-state index in [1.54, 1.807) is 0 Å². The van der Waals surface area contributed by atoms with Gasteiger partial charge in [0, 0.05) is 12.1 Å². The van der Waals surface area contributed by atoms with Crippen molar-refractivity contribution < 1.29 is 28.0 Å². The van der Waals surface area contributed by atoms with Gasteiger partial charge in [-0.3, -0.25) is 10.1 Å². The average molecular weight is 261 g/mol. The summed E-state index contributed by atoms with van der Waals surface area (Å²) >= 11 is 0. The second-order valence-electron chi connectivity index (χ2n) is 3.20. The highest BCUT2D eigenvalue weighted by atomic mass is 19.4. The molecule has 0 atom stereocenters. The first-order valence-electron chi connectivity index (χ1n) is 4.48. The van der Waals surface area contributed by atoms with Crippen LogP contribution in [-0.4, -0.2) is 16.0 Å². The monoisotopic (exact) mass is 261 g/mol. The lowest BCUT2D eigenvalue weighted by Crippen LogP contribution is -2.06.